The Labute approximate surface area is 176 Å². The molecule has 0 saturated carbocycles. The van der Waals surface area contributed by atoms with Crippen molar-refractivity contribution in [1.82, 2.24) is 0 Å². The SMILES string of the molecule is O=Cc1c(Br)c(Br)c(Br)c(Br)c1Oc1cc(Br)cc(Br)c1O. The molecule has 0 heterocycles. The smallest absolute Gasteiger partial charge is 0.172 e. The third kappa shape index (κ3) is 3.64. The van der Waals surface area contributed by atoms with Crippen LogP contribution in [0.25, 0.3) is 0 Å². The molecule has 0 unspecified atom stereocenters. The fourth-order valence-corrected chi connectivity index (χ4v) is 5.04. The van der Waals surface area contributed by atoms with Gasteiger partial charge in [-0.2, -0.15) is 0 Å². The number of carbonyl (C=O) groups is 1. The molecule has 0 spiro atoms. The van der Waals surface area contributed by atoms with E-state index in [2.05, 4.69) is 95.6 Å². The van der Waals surface area contributed by atoms with Crippen LogP contribution in [0.4, 0.5) is 0 Å². The van der Waals surface area contributed by atoms with E-state index in [1.54, 1.807) is 12.1 Å². The van der Waals surface area contributed by atoms with Crippen molar-refractivity contribution in [3.63, 3.8) is 0 Å². The first-order valence-corrected chi connectivity index (χ1v) is 10.2. The molecule has 0 atom stereocenters. The van der Waals surface area contributed by atoms with E-state index in [1.807, 2.05) is 0 Å². The second-order valence-electron chi connectivity index (χ2n) is 3.95. The molecule has 0 aliphatic carbocycles. The first-order valence-electron chi connectivity index (χ1n) is 5.44. The summed E-state index contributed by atoms with van der Waals surface area (Å²) in [6.07, 6.45) is 0.672. The van der Waals surface area contributed by atoms with Gasteiger partial charge in [0.25, 0.3) is 0 Å². The van der Waals surface area contributed by atoms with Crippen molar-refractivity contribution in [1.29, 1.82) is 0 Å². The van der Waals surface area contributed by atoms with Crippen molar-refractivity contribution in [3.8, 4) is 17.2 Å². The van der Waals surface area contributed by atoms with Gasteiger partial charge < -0.3 is 9.84 Å². The Morgan fingerprint density at radius 1 is 0.909 bits per heavy atom. The zero-order chi connectivity index (χ0) is 16.6. The number of aromatic hydroxyl groups is 1. The van der Waals surface area contributed by atoms with Crippen LogP contribution in [0.1, 0.15) is 10.4 Å². The van der Waals surface area contributed by atoms with Crippen molar-refractivity contribution in [2.45, 2.75) is 0 Å². The molecule has 22 heavy (non-hydrogen) atoms. The summed E-state index contributed by atoms with van der Waals surface area (Å²) in [5.74, 6) is 0.408. The number of benzene rings is 2. The largest absolute Gasteiger partial charge is 0.503 e. The van der Waals surface area contributed by atoms with Gasteiger partial charge in [-0.1, -0.05) is 15.9 Å². The standard InChI is InChI=1S/C13H4Br6O3/c14-4-1-6(15)12(21)7(2-4)22-13-5(3-20)8(16)9(17)10(18)11(13)19/h1-3,21H. The summed E-state index contributed by atoms with van der Waals surface area (Å²) in [7, 11) is 0. The maximum Gasteiger partial charge on any atom is 0.172 e. The van der Waals surface area contributed by atoms with Crippen LogP contribution >= 0.6 is 95.6 Å². The second-order valence-corrected chi connectivity index (χ2v) is 8.90. The van der Waals surface area contributed by atoms with E-state index >= 15 is 0 Å². The Bertz CT molecular complexity index is 775. The highest BCUT2D eigenvalue weighted by molar-refractivity contribution is 9.15. The quantitative estimate of drug-likeness (QED) is 0.206. The molecule has 2 rings (SSSR count). The molecule has 0 aromatic heterocycles. The summed E-state index contributed by atoms with van der Waals surface area (Å²) >= 11 is 20.1. The number of hydrogen-bond donors (Lipinski definition) is 1. The molecule has 9 heteroatoms. The van der Waals surface area contributed by atoms with Crippen LogP contribution < -0.4 is 4.74 Å². The minimum Gasteiger partial charge on any atom is -0.503 e. The molecule has 0 aliphatic rings. The zero-order valence-electron chi connectivity index (χ0n) is 10.3. The average Bonchev–Trinajstić information content (AvgIpc) is 2.47. The molecule has 0 aliphatic heterocycles. The third-order valence-corrected chi connectivity index (χ3v) is 8.41. The highest BCUT2D eigenvalue weighted by atomic mass is 79.9. The molecule has 0 saturated heterocycles. The lowest BCUT2D eigenvalue weighted by molar-refractivity contribution is 0.112. The van der Waals surface area contributed by atoms with Crippen LogP contribution in [0, 0.1) is 0 Å². The van der Waals surface area contributed by atoms with Gasteiger partial charge in [-0.3, -0.25) is 4.79 Å². The van der Waals surface area contributed by atoms with E-state index in [-0.39, 0.29) is 17.2 Å². The Morgan fingerprint density at radius 3 is 2.09 bits per heavy atom. The number of phenols is 1. The number of phenolic OH excluding ortho intramolecular Hbond substituents is 1. The Hall–Kier alpha value is 0.590. The molecule has 2 aromatic rings. The van der Waals surface area contributed by atoms with E-state index < -0.39 is 0 Å². The van der Waals surface area contributed by atoms with Crippen LogP contribution in [-0.4, -0.2) is 11.4 Å². The van der Waals surface area contributed by atoms with Crippen molar-refractivity contribution < 1.29 is 14.6 Å². The van der Waals surface area contributed by atoms with Gasteiger partial charge in [0, 0.05) is 13.4 Å². The van der Waals surface area contributed by atoms with E-state index in [1.165, 1.54) is 0 Å². The molecule has 1 N–H and O–H groups in total. The molecular weight excluding hydrogens is 684 g/mol. The highest BCUT2D eigenvalue weighted by Crippen LogP contribution is 2.48. The fraction of sp³-hybridized carbons (Fsp3) is 0. The number of carbonyl (C=O) groups excluding carboxylic acids is 1. The number of aldehydes is 1. The summed E-state index contributed by atoms with van der Waals surface area (Å²) in [5, 5.41) is 10.1. The van der Waals surface area contributed by atoms with Crippen LogP contribution in [0.3, 0.4) is 0 Å². The van der Waals surface area contributed by atoms with Gasteiger partial charge >= 0.3 is 0 Å². The predicted octanol–water partition coefficient (Wildman–Crippen LogP) is 7.57. The topological polar surface area (TPSA) is 46.5 Å². The number of halogens is 6. The molecule has 0 fully saturated rings. The first-order chi connectivity index (χ1) is 10.3. The molecule has 3 nitrogen and oxygen atoms in total. The van der Waals surface area contributed by atoms with Gasteiger partial charge in [0.05, 0.1) is 19.0 Å². The normalized spacial score (nSPS) is 10.6. The van der Waals surface area contributed by atoms with Gasteiger partial charge in [0.1, 0.15) is 0 Å². The molecule has 0 amide bonds. The zero-order valence-corrected chi connectivity index (χ0v) is 19.8. The lowest BCUT2D eigenvalue weighted by Gasteiger charge is -2.16. The second kappa shape index (κ2) is 7.65. The van der Waals surface area contributed by atoms with Gasteiger partial charge in [0.15, 0.2) is 23.5 Å². The highest BCUT2D eigenvalue weighted by Gasteiger charge is 2.22. The number of rotatable bonds is 3. The van der Waals surface area contributed by atoms with Gasteiger partial charge in [-0.25, -0.2) is 0 Å². The summed E-state index contributed by atoms with van der Waals surface area (Å²) in [6, 6.07) is 3.29. The van der Waals surface area contributed by atoms with Crippen LogP contribution in [0.15, 0.2) is 39.0 Å². The Kier molecular flexibility index (Phi) is 6.58. The van der Waals surface area contributed by atoms with Gasteiger partial charge in [0.2, 0.25) is 0 Å². The Balaban J connectivity index is 2.67. The van der Waals surface area contributed by atoms with E-state index in [0.717, 1.165) is 0 Å². The summed E-state index contributed by atoms with van der Waals surface area (Å²) in [6.45, 7) is 0. The van der Waals surface area contributed by atoms with Gasteiger partial charge in [-0.05, 0) is 91.8 Å². The minimum atomic E-state index is -0.0675. The Morgan fingerprint density at radius 2 is 1.50 bits per heavy atom. The van der Waals surface area contributed by atoms with Crippen molar-refractivity contribution in [2.24, 2.45) is 0 Å². The average molecular weight is 688 g/mol. The lowest BCUT2D eigenvalue weighted by atomic mass is 10.2. The predicted molar refractivity (Wildman–Crippen MR) is 106 cm³/mol. The number of ether oxygens (including phenoxy) is 1. The molecule has 2 aromatic carbocycles. The molecular formula is C13H4Br6O3. The third-order valence-electron chi connectivity index (χ3n) is 2.58. The summed E-state index contributed by atoms with van der Waals surface area (Å²) < 4.78 is 9.39. The minimum absolute atomic E-state index is 0.0675. The molecule has 0 radical (unpaired) electrons. The van der Waals surface area contributed by atoms with E-state index in [0.29, 0.717) is 38.7 Å². The van der Waals surface area contributed by atoms with Crippen LogP contribution in [-0.2, 0) is 0 Å². The monoisotopic (exact) mass is 682 g/mol. The van der Waals surface area contributed by atoms with Crippen LogP contribution in [0.2, 0.25) is 0 Å². The maximum atomic E-state index is 11.4. The van der Waals surface area contributed by atoms with Crippen LogP contribution in [0.5, 0.6) is 17.2 Å². The van der Waals surface area contributed by atoms with E-state index in [9.17, 15) is 9.90 Å². The summed E-state index contributed by atoms with van der Waals surface area (Å²) in [4.78, 5) is 11.4. The fourth-order valence-electron chi connectivity index (χ4n) is 1.56. The van der Waals surface area contributed by atoms with E-state index in [4.69, 9.17) is 4.74 Å². The van der Waals surface area contributed by atoms with Crippen molar-refractivity contribution >= 4 is 102 Å². The van der Waals surface area contributed by atoms with Gasteiger partial charge in [-0.15, -0.1) is 0 Å². The lowest BCUT2D eigenvalue weighted by Crippen LogP contribution is -1.96. The summed E-state index contributed by atoms with van der Waals surface area (Å²) in [5.41, 5.74) is 0.303. The maximum absolute atomic E-state index is 11.4. The molecule has 116 valence electrons. The van der Waals surface area contributed by atoms with Crippen molar-refractivity contribution in [2.75, 3.05) is 0 Å². The first kappa shape index (κ1) is 18.9. The van der Waals surface area contributed by atoms with Crippen molar-refractivity contribution in [3.05, 3.63) is 44.5 Å². The molecule has 0 bridgehead atoms. The number of hydrogen-bond acceptors (Lipinski definition) is 3.